The van der Waals surface area contributed by atoms with Gasteiger partial charge >= 0.3 is 0 Å². The fourth-order valence-electron chi connectivity index (χ4n) is 3.00. The molecule has 0 saturated heterocycles. The number of nitrogens with one attached hydrogen (secondary N) is 1. The number of anilines is 1. The minimum atomic E-state index is -0.148. The Morgan fingerprint density at radius 3 is 2.69 bits per heavy atom. The number of oxazole rings is 1. The van der Waals surface area contributed by atoms with E-state index in [1.165, 1.54) is 17.3 Å². The minimum Gasteiger partial charge on any atom is -0.431 e. The number of halogens is 1. The molecule has 2 aromatic heterocycles. The van der Waals surface area contributed by atoms with Gasteiger partial charge in [0.1, 0.15) is 5.52 Å². The number of hydrogen-bond donors (Lipinski definition) is 1. The number of fused-ring (bicyclic) bond motifs is 1. The molecule has 0 atom stereocenters. The smallest absolute Gasteiger partial charge is 0.257 e. The molecule has 0 fully saturated rings. The second-order valence-corrected chi connectivity index (χ2v) is 8.08. The van der Waals surface area contributed by atoms with Crippen LogP contribution in [0.2, 0.25) is 5.02 Å². The van der Waals surface area contributed by atoms with Gasteiger partial charge in [-0.15, -0.1) is 0 Å². The first kappa shape index (κ1) is 19.5. The fourth-order valence-corrected chi connectivity index (χ4v) is 3.81. The van der Waals surface area contributed by atoms with Crippen molar-refractivity contribution in [2.45, 2.75) is 26.0 Å². The molecule has 148 valence electrons. The summed E-state index contributed by atoms with van der Waals surface area (Å²) in [5.74, 6) is 0.0275. The number of nitrogens with zero attached hydrogens (tertiary/aromatic N) is 3. The number of benzene rings is 2. The van der Waals surface area contributed by atoms with E-state index in [0.29, 0.717) is 21.3 Å². The topological polar surface area (TPSA) is 73.0 Å². The molecule has 8 heteroatoms. The van der Waals surface area contributed by atoms with E-state index in [-0.39, 0.29) is 11.7 Å². The van der Waals surface area contributed by atoms with Gasteiger partial charge in [-0.05, 0) is 51.1 Å². The lowest BCUT2D eigenvalue weighted by molar-refractivity contribution is -0.113. The number of amides is 1. The molecule has 0 bridgehead atoms. The first-order valence-electron chi connectivity index (χ1n) is 9.03. The summed E-state index contributed by atoms with van der Waals surface area (Å²) >= 11 is 7.20. The Bertz CT molecular complexity index is 1200. The number of carbonyl (C=O) groups excluding carboxylic acids is 1. The van der Waals surface area contributed by atoms with E-state index in [0.717, 1.165) is 22.8 Å². The lowest BCUT2D eigenvalue weighted by Crippen LogP contribution is -2.15. The molecule has 2 aromatic carbocycles. The average molecular weight is 427 g/mol. The van der Waals surface area contributed by atoms with Crippen LogP contribution >= 0.6 is 23.4 Å². The Balaban J connectivity index is 1.46. The molecule has 0 aliphatic heterocycles. The van der Waals surface area contributed by atoms with Gasteiger partial charge in [-0.2, -0.15) is 5.10 Å². The molecule has 0 radical (unpaired) electrons. The van der Waals surface area contributed by atoms with Crippen molar-refractivity contribution in [3.63, 3.8) is 0 Å². The van der Waals surface area contributed by atoms with Gasteiger partial charge in [-0.1, -0.05) is 41.1 Å². The molecule has 1 N–H and O–H groups in total. The molecular weight excluding hydrogens is 408 g/mol. The molecule has 0 saturated carbocycles. The van der Waals surface area contributed by atoms with Crippen LogP contribution in [-0.2, 0) is 4.79 Å². The maximum Gasteiger partial charge on any atom is 0.257 e. The summed E-state index contributed by atoms with van der Waals surface area (Å²) in [5, 5.41) is 8.56. The van der Waals surface area contributed by atoms with Gasteiger partial charge in [0.25, 0.3) is 5.22 Å². The molecule has 1 amide bonds. The molecule has 0 aliphatic carbocycles. The molecule has 0 spiro atoms. The van der Waals surface area contributed by atoms with Gasteiger partial charge in [0.05, 0.1) is 28.5 Å². The monoisotopic (exact) mass is 426 g/mol. The third kappa shape index (κ3) is 4.16. The van der Waals surface area contributed by atoms with Gasteiger partial charge in [0.2, 0.25) is 5.91 Å². The number of rotatable bonds is 5. The summed E-state index contributed by atoms with van der Waals surface area (Å²) in [5.41, 5.74) is 5.81. The van der Waals surface area contributed by atoms with Gasteiger partial charge < -0.3 is 9.73 Å². The Morgan fingerprint density at radius 2 is 1.93 bits per heavy atom. The van der Waals surface area contributed by atoms with E-state index >= 15 is 0 Å². The Kier molecular flexibility index (Phi) is 5.34. The summed E-state index contributed by atoms with van der Waals surface area (Å²) in [7, 11) is 0. The zero-order valence-corrected chi connectivity index (χ0v) is 17.8. The number of carbonyl (C=O) groups is 1. The normalized spacial score (nSPS) is 11.2. The minimum absolute atomic E-state index is 0.148. The van der Waals surface area contributed by atoms with E-state index < -0.39 is 0 Å². The first-order valence-corrected chi connectivity index (χ1v) is 10.4. The van der Waals surface area contributed by atoms with Crippen LogP contribution in [-0.4, -0.2) is 26.4 Å². The highest BCUT2D eigenvalue weighted by molar-refractivity contribution is 7.99. The molecule has 0 aliphatic rings. The van der Waals surface area contributed by atoms with Crippen molar-refractivity contribution in [1.29, 1.82) is 0 Å². The van der Waals surface area contributed by atoms with Crippen molar-refractivity contribution in [2.75, 3.05) is 11.1 Å². The van der Waals surface area contributed by atoms with Gasteiger partial charge in [-0.25, -0.2) is 9.67 Å². The second kappa shape index (κ2) is 7.93. The molecule has 4 rings (SSSR count). The lowest BCUT2D eigenvalue weighted by atomic mass is 10.2. The average Bonchev–Trinajstić information content (AvgIpc) is 3.22. The van der Waals surface area contributed by atoms with Crippen molar-refractivity contribution in [2.24, 2.45) is 0 Å². The highest BCUT2D eigenvalue weighted by Gasteiger charge is 2.16. The van der Waals surface area contributed by atoms with Crippen LogP contribution < -0.4 is 5.32 Å². The van der Waals surface area contributed by atoms with E-state index in [2.05, 4.69) is 15.4 Å². The van der Waals surface area contributed by atoms with Gasteiger partial charge in [0.15, 0.2) is 5.58 Å². The largest absolute Gasteiger partial charge is 0.431 e. The molecule has 4 aromatic rings. The van der Waals surface area contributed by atoms with Crippen LogP contribution in [0.4, 0.5) is 5.69 Å². The second-order valence-electron chi connectivity index (χ2n) is 6.72. The van der Waals surface area contributed by atoms with E-state index in [9.17, 15) is 4.79 Å². The predicted octanol–water partition coefficient (Wildman–Crippen LogP) is 5.32. The molecule has 29 heavy (non-hydrogen) atoms. The van der Waals surface area contributed by atoms with Crippen molar-refractivity contribution in [3.05, 3.63) is 64.4 Å². The van der Waals surface area contributed by atoms with Crippen LogP contribution in [0.15, 0.2) is 52.1 Å². The van der Waals surface area contributed by atoms with Crippen molar-refractivity contribution < 1.29 is 9.21 Å². The van der Waals surface area contributed by atoms with E-state index in [1.807, 2.05) is 49.7 Å². The van der Waals surface area contributed by atoms with Gasteiger partial charge in [-0.3, -0.25) is 4.79 Å². The van der Waals surface area contributed by atoms with Crippen LogP contribution in [0.5, 0.6) is 0 Å². The zero-order valence-electron chi connectivity index (χ0n) is 16.2. The fraction of sp³-hybridized carbons (Fsp3) is 0.190. The number of aromatic nitrogens is 3. The molecular formula is C21H19ClN4O2S. The third-order valence-electron chi connectivity index (χ3n) is 4.49. The Labute approximate surface area is 177 Å². The Morgan fingerprint density at radius 1 is 1.17 bits per heavy atom. The summed E-state index contributed by atoms with van der Waals surface area (Å²) in [6.45, 7) is 5.86. The lowest BCUT2D eigenvalue weighted by Gasteiger charge is -2.07. The van der Waals surface area contributed by atoms with Crippen LogP contribution in [0.1, 0.15) is 17.0 Å². The van der Waals surface area contributed by atoms with Crippen LogP contribution in [0.25, 0.3) is 16.8 Å². The maximum absolute atomic E-state index is 12.5. The molecule has 0 unspecified atom stereocenters. The highest BCUT2D eigenvalue weighted by Crippen LogP contribution is 2.27. The predicted molar refractivity (Wildman–Crippen MR) is 116 cm³/mol. The summed E-state index contributed by atoms with van der Waals surface area (Å²) < 4.78 is 7.47. The maximum atomic E-state index is 12.5. The number of aryl methyl sites for hydroxylation is 2. The molecule has 6 nitrogen and oxygen atoms in total. The summed E-state index contributed by atoms with van der Waals surface area (Å²) in [4.78, 5) is 16.8. The first-order chi connectivity index (χ1) is 13.9. The van der Waals surface area contributed by atoms with Crippen LogP contribution in [0, 0.1) is 20.8 Å². The standard InChI is InChI=1S/C21H19ClN4O2S/c1-12-4-7-16(8-5-12)26-14(3)20(13(2)25-26)24-19(27)11-29-21-23-17-10-15(22)6-9-18(17)28-21/h4-10H,11H2,1-3H3,(H,24,27). The Hall–Kier alpha value is -2.77. The quantitative estimate of drug-likeness (QED) is 0.437. The highest BCUT2D eigenvalue weighted by atomic mass is 35.5. The summed E-state index contributed by atoms with van der Waals surface area (Å²) in [6, 6.07) is 13.3. The van der Waals surface area contributed by atoms with Crippen molar-refractivity contribution in [1.82, 2.24) is 14.8 Å². The van der Waals surface area contributed by atoms with Crippen LogP contribution in [0.3, 0.4) is 0 Å². The SMILES string of the molecule is Cc1ccc(-n2nc(C)c(NC(=O)CSc3nc4cc(Cl)ccc4o3)c2C)cc1. The number of thioether (sulfide) groups is 1. The zero-order chi connectivity index (χ0) is 20.5. The molecule has 2 heterocycles. The van der Waals surface area contributed by atoms with E-state index in [4.69, 9.17) is 16.0 Å². The van der Waals surface area contributed by atoms with Gasteiger partial charge in [0, 0.05) is 5.02 Å². The van der Waals surface area contributed by atoms with E-state index in [1.54, 1.807) is 18.2 Å². The van der Waals surface area contributed by atoms with Crippen molar-refractivity contribution >= 4 is 46.1 Å². The van der Waals surface area contributed by atoms with Crippen molar-refractivity contribution in [3.8, 4) is 5.69 Å². The third-order valence-corrected chi connectivity index (χ3v) is 5.55. The summed E-state index contributed by atoms with van der Waals surface area (Å²) in [6.07, 6.45) is 0. The number of hydrogen-bond acceptors (Lipinski definition) is 5.